The van der Waals surface area contributed by atoms with Gasteiger partial charge in [0.15, 0.2) is 17.4 Å². The molecule has 1 atom stereocenters. The number of carbonyl (C=O) groups excluding carboxylic acids is 1. The summed E-state index contributed by atoms with van der Waals surface area (Å²) >= 11 is -1.21. The summed E-state index contributed by atoms with van der Waals surface area (Å²) in [5.74, 6) is 0.645. The molecule has 1 saturated heterocycles. The van der Waals surface area contributed by atoms with Crippen molar-refractivity contribution in [2.75, 3.05) is 65.6 Å². The number of alkyl halides is 1. The third kappa shape index (κ3) is 7.65. The third-order valence-corrected chi connectivity index (χ3v) is 8.39. The normalized spacial score (nSPS) is 17.0. The number of aliphatic hydroxyl groups excluding tert-OH is 2. The Morgan fingerprint density at radius 3 is 2.59 bits per heavy atom. The summed E-state index contributed by atoms with van der Waals surface area (Å²) in [4.78, 5) is 20.2. The lowest BCUT2D eigenvalue weighted by atomic mass is 9.93. The summed E-state index contributed by atoms with van der Waals surface area (Å²) in [6.45, 7) is 3.81. The van der Waals surface area contributed by atoms with Crippen LogP contribution in [-0.4, -0.2) is 76.0 Å². The first kappa shape index (κ1) is 29.2. The van der Waals surface area contributed by atoms with E-state index in [0.29, 0.717) is 11.0 Å². The van der Waals surface area contributed by atoms with Gasteiger partial charge in [-0.15, -0.1) is 0 Å². The van der Waals surface area contributed by atoms with E-state index in [1.165, 1.54) is 25.0 Å². The number of halogens is 1. The van der Waals surface area contributed by atoms with Gasteiger partial charge in [-0.3, -0.25) is 4.79 Å². The van der Waals surface area contributed by atoms with Crippen molar-refractivity contribution in [1.29, 1.82) is 0 Å². The van der Waals surface area contributed by atoms with Gasteiger partial charge in [-0.2, -0.15) is 0 Å². The Bertz CT molecular complexity index is 1140. The minimum atomic E-state index is -1.21. The summed E-state index contributed by atoms with van der Waals surface area (Å²) in [6.07, 6.45) is 4.70. The molecule has 0 radical (unpaired) electrons. The molecule has 1 unspecified atom stereocenters. The number of hydrogen-bond acceptors (Lipinski definition) is 9. The molecule has 1 amide bonds. The van der Waals surface area contributed by atoms with Crippen LogP contribution in [0, 0.1) is 5.41 Å². The summed E-state index contributed by atoms with van der Waals surface area (Å²) < 4.78 is 30.0. The number of nitrogens with one attached hydrogen (secondary N) is 3. The largest absolute Gasteiger partial charge is 0.615 e. The topological polar surface area (TPSA) is 142 Å². The molecule has 2 aromatic rings. The molecule has 5 N–H and O–H groups in total. The first-order valence-corrected chi connectivity index (χ1v) is 14.7. The van der Waals surface area contributed by atoms with Crippen molar-refractivity contribution in [2.45, 2.75) is 45.1 Å². The van der Waals surface area contributed by atoms with Gasteiger partial charge in [0.2, 0.25) is 6.86 Å². The lowest BCUT2D eigenvalue weighted by Crippen LogP contribution is -2.36. The highest BCUT2D eigenvalue weighted by Crippen LogP contribution is 2.54. The number of aliphatic hydroxyl groups is 2. The second kappa shape index (κ2) is 12.6. The van der Waals surface area contributed by atoms with Gasteiger partial charge < -0.3 is 40.4 Å². The monoisotopic (exact) mass is 563 g/mol. The van der Waals surface area contributed by atoms with E-state index in [9.17, 15) is 18.8 Å². The van der Waals surface area contributed by atoms with Crippen LogP contribution >= 0.6 is 0 Å². The minimum absolute atomic E-state index is 0.141. The second-order valence-electron chi connectivity index (χ2n) is 10.8. The lowest BCUT2D eigenvalue weighted by molar-refractivity contribution is 0.102. The molecule has 1 aliphatic heterocycles. The maximum Gasteiger partial charge on any atom is 0.258 e. The summed E-state index contributed by atoms with van der Waals surface area (Å²) in [5, 5.41) is 27.7. The van der Waals surface area contributed by atoms with Gasteiger partial charge in [-0.25, -0.2) is 9.37 Å². The zero-order chi connectivity index (χ0) is 28.0. The van der Waals surface area contributed by atoms with Crippen LogP contribution in [0.3, 0.4) is 0 Å². The van der Waals surface area contributed by atoms with E-state index in [1.54, 1.807) is 26.0 Å². The molecule has 1 spiro atoms. The number of amides is 1. The predicted octanol–water partition coefficient (Wildman–Crippen LogP) is 3.31. The van der Waals surface area contributed by atoms with Crippen molar-refractivity contribution in [2.24, 2.45) is 5.41 Å². The number of benzene rings is 1. The van der Waals surface area contributed by atoms with Gasteiger partial charge in [0.05, 0.1) is 30.0 Å². The summed E-state index contributed by atoms with van der Waals surface area (Å²) in [5.41, 5.74) is 1.70. The molecule has 1 saturated carbocycles. The van der Waals surface area contributed by atoms with Crippen molar-refractivity contribution in [3.8, 4) is 5.75 Å². The number of carbonyl (C=O) groups is 1. The fraction of sp³-hybridized carbons (Fsp3) is 0.556. The highest BCUT2D eigenvalue weighted by Gasteiger charge is 2.44. The Morgan fingerprint density at radius 2 is 1.95 bits per heavy atom. The molecule has 214 valence electrons. The first-order chi connectivity index (χ1) is 18.7. The average molecular weight is 564 g/mol. The molecule has 2 fully saturated rings. The quantitative estimate of drug-likeness (QED) is 0.232. The molecular weight excluding hydrogens is 525 g/mol. The molecule has 10 nitrogen and oxygen atoms in total. The van der Waals surface area contributed by atoms with E-state index >= 15 is 0 Å². The van der Waals surface area contributed by atoms with Crippen LogP contribution < -0.4 is 25.6 Å². The zero-order valence-electron chi connectivity index (χ0n) is 22.5. The van der Waals surface area contributed by atoms with Crippen molar-refractivity contribution in [3.63, 3.8) is 0 Å². The van der Waals surface area contributed by atoms with E-state index < -0.39 is 23.6 Å². The van der Waals surface area contributed by atoms with E-state index in [2.05, 4.69) is 25.8 Å². The minimum Gasteiger partial charge on any atom is -0.615 e. The van der Waals surface area contributed by atoms with Gasteiger partial charge >= 0.3 is 0 Å². The molecule has 4 rings (SSSR count). The number of hydrogen-bond donors (Lipinski definition) is 5. The molecule has 1 aromatic carbocycles. The van der Waals surface area contributed by atoms with Gasteiger partial charge in [-0.1, -0.05) is 0 Å². The van der Waals surface area contributed by atoms with Crippen LogP contribution in [0.5, 0.6) is 5.75 Å². The molecule has 1 aliphatic carbocycles. The third-order valence-electron chi connectivity index (χ3n) is 7.28. The summed E-state index contributed by atoms with van der Waals surface area (Å²) in [7, 11) is 0. The number of pyridine rings is 1. The number of rotatable bonds is 13. The van der Waals surface area contributed by atoms with E-state index in [-0.39, 0.29) is 48.1 Å². The molecule has 2 aliphatic rings. The van der Waals surface area contributed by atoms with Crippen molar-refractivity contribution < 1.29 is 28.7 Å². The molecule has 2 heterocycles. The lowest BCUT2D eigenvalue weighted by Gasteiger charge is -2.35. The average Bonchev–Trinajstić information content (AvgIpc) is 3.68. The second-order valence-corrected chi connectivity index (χ2v) is 12.4. The van der Waals surface area contributed by atoms with Crippen LogP contribution in [0.2, 0.25) is 0 Å². The number of aromatic nitrogens is 1. The molecule has 1 aromatic heterocycles. The molecular formula is C27H38FN5O5S. The zero-order valence-corrected chi connectivity index (χ0v) is 23.3. The van der Waals surface area contributed by atoms with Crippen molar-refractivity contribution in [1.82, 2.24) is 4.98 Å². The van der Waals surface area contributed by atoms with E-state index in [1.807, 2.05) is 6.07 Å². The number of ether oxygens (including phenoxy) is 1. The number of piperidine rings is 1. The van der Waals surface area contributed by atoms with E-state index in [4.69, 9.17) is 9.84 Å². The van der Waals surface area contributed by atoms with Gasteiger partial charge in [-0.05, 0) is 86.5 Å². The van der Waals surface area contributed by atoms with Crippen LogP contribution in [0.15, 0.2) is 30.3 Å². The molecule has 0 bridgehead atoms. The highest BCUT2D eigenvalue weighted by atomic mass is 32.2. The van der Waals surface area contributed by atoms with Gasteiger partial charge in [0, 0.05) is 18.8 Å². The Hall–Kier alpha value is -2.80. The van der Waals surface area contributed by atoms with Crippen LogP contribution in [-0.2, 0) is 11.2 Å². The molecule has 39 heavy (non-hydrogen) atoms. The molecule has 12 heteroatoms. The predicted molar refractivity (Wildman–Crippen MR) is 152 cm³/mol. The summed E-state index contributed by atoms with van der Waals surface area (Å²) in [6, 6.07) is 8.45. The van der Waals surface area contributed by atoms with Crippen molar-refractivity contribution in [3.05, 3.63) is 35.9 Å². The maximum atomic E-state index is 13.5. The Morgan fingerprint density at radius 1 is 1.21 bits per heavy atom. The van der Waals surface area contributed by atoms with Crippen LogP contribution in [0.1, 0.15) is 49.9 Å². The fourth-order valence-electron chi connectivity index (χ4n) is 4.66. The van der Waals surface area contributed by atoms with Gasteiger partial charge in [0.1, 0.15) is 11.6 Å². The Balaban J connectivity index is 1.56. The van der Waals surface area contributed by atoms with Crippen LogP contribution in [0.4, 0.5) is 27.4 Å². The fourth-order valence-corrected chi connectivity index (χ4v) is 5.33. The number of nitrogens with zero attached hydrogens (tertiary/aromatic N) is 2. The first-order valence-electron chi connectivity index (χ1n) is 13.2. The number of anilines is 4. The van der Waals surface area contributed by atoms with Crippen molar-refractivity contribution >= 4 is 40.1 Å². The Labute approximate surface area is 231 Å². The maximum absolute atomic E-state index is 13.5. The standard InChI is InChI=1S/C27H38FN5O5S/c1-26(2,16-35)32-24-22(38-17-28)5-6-23(30-24)31-25(36)20-4-3-19(29-18-39(37)14-13-34)15-21(20)33-11-9-27(7-8-27)10-12-33/h3-6,15,29,34-35H,7-14,16-18H2,1-2H3,(H2,30,31,32,36). The highest BCUT2D eigenvalue weighted by molar-refractivity contribution is 7.91. The smallest absolute Gasteiger partial charge is 0.258 e. The SMILES string of the molecule is CC(C)(CO)Nc1nc(NC(=O)c2ccc(NC[S+]([O-])CCO)cc2N2CCC3(CC2)CC3)ccc1OCF. The van der Waals surface area contributed by atoms with Crippen LogP contribution in [0.25, 0.3) is 0 Å². The Kier molecular flexibility index (Phi) is 9.42. The van der Waals surface area contributed by atoms with Gasteiger partial charge in [0.25, 0.3) is 5.91 Å². The van der Waals surface area contributed by atoms with E-state index in [0.717, 1.165) is 37.3 Å².